The van der Waals surface area contributed by atoms with E-state index in [0.717, 1.165) is 14.5 Å². The van der Waals surface area contributed by atoms with Gasteiger partial charge in [-0.3, -0.25) is 4.79 Å². The molecule has 0 fully saturated rings. The Bertz CT molecular complexity index is 1200. The van der Waals surface area contributed by atoms with Gasteiger partial charge in [-0.2, -0.15) is 5.26 Å². The van der Waals surface area contributed by atoms with Gasteiger partial charge in [-0.1, -0.05) is 50.1 Å². The van der Waals surface area contributed by atoms with Crippen LogP contribution in [0.5, 0.6) is 5.75 Å². The van der Waals surface area contributed by atoms with Gasteiger partial charge in [0.25, 0.3) is 5.91 Å². The van der Waals surface area contributed by atoms with Crippen LogP contribution in [0.25, 0.3) is 0 Å². The number of ether oxygens (including phenoxy) is 1. The van der Waals surface area contributed by atoms with E-state index in [4.69, 9.17) is 4.74 Å². The van der Waals surface area contributed by atoms with Gasteiger partial charge in [-0.05, 0) is 61.4 Å². The van der Waals surface area contributed by atoms with Crippen LogP contribution < -0.4 is 10.1 Å². The van der Waals surface area contributed by atoms with Crippen molar-refractivity contribution in [2.24, 2.45) is 0 Å². The number of hydrogen-bond donors (Lipinski definition) is 1. The molecule has 0 aliphatic carbocycles. The molecule has 7 heteroatoms. The van der Waals surface area contributed by atoms with Gasteiger partial charge < -0.3 is 10.1 Å². The van der Waals surface area contributed by atoms with E-state index in [0.29, 0.717) is 16.7 Å². The first kappa shape index (κ1) is 21.8. The van der Waals surface area contributed by atoms with E-state index in [9.17, 15) is 14.9 Å². The molecule has 0 bridgehead atoms. The SMILES string of the molecule is Cc1c(Br)cccc1C(=O)Nc1cccc(C#N)c1OC(=O)c1cccc(Br)c1C. The van der Waals surface area contributed by atoms with Crippen molar-refractivity contribution in [1.29, 1.82) is 5.26 Å². The number of halogens is 2. The van der Waals surface area contributed by atoms with Crippen LogP contribution in [0.1, 0.15) is 37.4 Å². The molecule has 1 N–H and O–H groups in total. The molecule has 150 valence electrons. The lowest BCUT2D eigenvalue weighted by Gasteiger charge is -2.15. The van der Waals surface area contributed by atoms with Crippen molar-refractivity contribution >= 4 is 49.4 Å². The van der Waals surface area contributed by atoms with Gasteiger partial charge in [0.1, 0.15) is 6.07 Å². The number of carbonyl (C=O) groups excluding carboxylic acids is 2. The number of nitrogens with zero attached hydrogens (tertiary/aromatic N) is 1. The fourth-order valence-corrected chi connectivity index (χ4v) is 3.59. The number of rotatable bonds is 4. The maximum absolute atomic E-state index is 12.8. The highest BCUT2D eigenvalue weighted by Gasteiger charge is 2.20. The Morgan fingerprint density at radius 2 is 1.47 bits per heavy atom. The van der Waals surface area contributed by atoms with Crippen LogP contribution in [0.2, 0.25) is 0 Å². The Labute approximate surface area is 190 Å². The van der Waals surface area contributed by atoms with Crippen molar-refractivity contribution in [2.75, 3.05) is 5.32 Å². The molecule has 0 unspecified atom stereocenters. The number of para-hydroxylation sites is 1. The highest BCUT2D eigenvalue weighted by molar-refractivity contribution is 9.10. The van der Waals surface area contributed by atoms with Gasteiger partial charge in [0.05, 0.1) is 16.8 Å². The molecular weight excluding hydrogens is 512 g/mol. The fraction of sp³-hybridized carbons (Fsp3) is 0.0870. The lowest BCUT2D eigenvalue weighted by molar-refractivity contribution is 0.0733. The van der Waals surface area contributed by atoms with Crippen LogP contribution in [-0.2, 0) is 0 Å². The summed E-state index contributed by atoms with van der Waals surface area (Å²) in [5, 5.41) is 12.2. The van der Waals surface area contributed by atoms with Crippen molar-refractivity contribution in [3.63, 3.8) is 0 Å². The third-order valence-electron chi connectivity index (χ3n) is 4.58. The summed E-state index contributed by atoms with van der Waals surface area (Å²) in [5.74, 6) is -0.990. The predicted octanol–water partition coefficient (Wildman–Crippen LogP) is 6.17. The molecule has 3 rings (SSSR count). The Morgan fingerprint density at radius 1 is 0.900 bits per heavy atom. The Morgan fingerprint density at radius 3 is 2.10 bits per heavy atom. The third-order valence-corrected chi connectivity index (χ3v) is 6.30. The largest absolute Gasteiger partial charge is 0.419 e. The van der Waals surface area contributed by atoms with E-state index in [1.165, 1.54) is 6.07 Å². The minimum atomic E-state index is -0.620. The van der Waals surface area contributed by atoms with Crippen LogP contribution >= 0.6 is 31.9 Å². The standard InChI is InChI=1S/C23H16Br2N2O3/c1-13-16(7-4-9-18(13)24)22(28)27-20-11-3-6-15(12-26)21(20)30-23(29)17-8-5-10-19(25)14(17)2/h3-11H,1-2H3,(H,27,28). The number of amides is 1. The molecule has 30 heavy (non-hydrogen) atoms. The van der Waals surface area contributed by atoms with E-state index in [2.05, 4.69) is 37.2 Å². The first-order valence-corrected chi connectivity index (χ1v) is 10.5. The summed E-state index contributed by atoms with van der Waals surface area (Å²) in [6.07, 6.45) is 0. The van der Waals surface area contributed by atoms with Crippen LogP contribution in [0.3, 0.4) is 0 Å². The van der Waals surface area contributed by atoms with Gasteiger partial charge in [-0.25, -0.2) is 4.79 Å². The molecule has 0 aliphatic heterocycles. The molecule has 0 spiro atoms. The molecule has 0 atom stereocenters. The van der Waals surface area contributed by atoms with E-state index in [1.54, 1.807) is 43.3 Å². The Balaban J connectivity index is 1.97. The van der Waals surface area contributed by atoms with Crippen molar-refractivity contribution < 1.29 is 14.3 Å². The number of nitrogens with one attached hydrogen (secondary N) is 1. The average Bonchev–Trinajstić information content (AvgIpc) is 2.73. The maximum Gasteiger partial charge on any atom is 0.343 e. The van der Waals surface area contributed by atoms with Crippen LogP contribution in [-0.4, -0.2) is 11.9 Å². The fourth-order valence-electron chi connectivity index (χ4n) is 2.85. The minimum absolute atomic E-state index is 0.00498. The average molecular weight is 528 g/mol. The van der Waals surface area contributed by atoms with Crippen molar-refractivity contribution in [1.82, 2.24) is 0 Å². The number of anilines is 1. The van der Waals surface area contributed by atoms with E-state index >= 15 is 0 Å². The zero-order valence-corrected chi connectivity index (χ0v) is 19.3. The van der Waals surface area contributed by atoms with Gasteiger partial charge in [-0.15, -0.1) is 0 Å². The summed E-state index contributed by atoms with van der Waals surface area (Å²) in [6.45, 7) is 3.61. The molecule has 0 heterocycles. The predicted molar refractivity (Wildman–Crippen MR) is 122 cm³/mol. The van der Waals surface area contributed by atoms with Crippen LogP contribution in [0, 0.1) is 25.2 Å². The zero-order valence-electron chi connectivity index (χ0n) is 16.1. The second-order valence-corrected chi connectivity index (χ2v) is 8.17. The van der Waals surface area contributed by atoms with Crippen LogP contribution in [0.15, 0.2) is 63.5 Å². The Hall–Kier alpha value is -2.95. The molecule has 3 aromatic rings. The van der Waals surface area contributed by atoms with Gasteiger partial charge in [0.2, 0.25) is 0 Å². The molecule has 0 saturated carbocycles. The topological polar surface area (TPSA) is 79.2 Å². The van der Waals surface area contributed by atoms with Crippen molar-refractivity contribution in [3.8, 4) is 11.8 Å². The molecule has 3 aromatic carbocycles. The summed E-state index contributed by atoms with van der Waals surface area (Å²) >= 11 is 6.80. The number of carbonyl (C=O) groups is 2. The highest BCUT2D eigenvalue weighted by Crippen LogP contribution is 2.31. The minimum Gasteiger partial charge on any atom is -0.419 e. The molecule has 1 amide bonds. The lowest BCUT2D eigenvalue weighted by Crippen LogP contribution is -2.17. The number of esters is 1. The molecule has 0 aromatic heterocycles. The normalized spacial score (nSPS) is 10.2. The van der Waals surface area contributed by atoms with Gasteiger partial charge in [0.15, 0.2) is 5.75 Å². The molecule has 0 saturated heterocycles. The number of nitriles is 1. The zero-order chi connectivity index (χ0) is 21.8. The smallest absolute Gasteiger partial charge is 0.343 e. The summed E-state index contributed by atoms with van der Waals surface area (Å²) in [4.78, 5) is 25.6. The lowest BCUT2D eigenvalue weighted by atomic mass is 10.1. The Kier molecular flexibility index (Phi) is 6.70. The summed E-state index contributed by atoms with van der Waals surface area (Å²) < 4.78 is 7.15. The monoisotopic (exact) mass is 526 g/mol. The van der Waals surface area contributed by atoms with Gasteiger partial charge in [0, 0.05) is 14.5 Å². The van der Waals surface area contributed by atoms with E-state index in [1.807, 2.05) is 25.1 Å². The second-order valence-electron chi connectivity index (χ2n) is 6.46. The quantitative estimate of drug-likeness (QED) is 0.325. The van der Waals surface area contributed by atoms with Gasteiger partial charge >= 0.3 is 5.97 Å². The van der Waals surface area contributed by atoms with Crippen molar-refractivity contribution in [3.05, 3.63) is 91.4 Å². The highest BCUT2D eigenvalue weighted by atomic mass is 79.9. The first-order valence-electron chi connectivity index (χ1n) is 8.90. The summed E-state index contributed by atoms with van der Waals surface area (Å²) in [5.41, 5.74) is 2.69. The molecule has 0 radical (unpaired) electrons. The second kappa shape index (κ2) is 9.24. The first-order chi connectivity index (χ1) is 14.3. The number of benzene rings is 3. The summed E-state index contributed by atoms with van der Waals surface area (Å²) in [6, 6.07) is 17.2. The number of hydrogen-bond acceptors (Lipinski definition) is 4. The van der Waals surface area contributed by atoms with E-state index in [-0.39, 0.29) is 22.9 Å². The third kappa shape index (κ3) is 4.45. The summed E-state index contributed by atoms with van der Waals surface area (Å²) in [7, 11) is 0. The van der Waals surface area contributed by atoms with E-state index < -0.39 is 5.97 Å². The maximum atomic E-state index is 12.8. The molecule has 5 nitrogen and oxygen atoms in total. The molecule has 0 aliphatic rings. The molecular formula is C23H16Br2N2O3. The van der Waals surface area contributed by atoms with Crippen LogP contribution in [0.4, 0.5) is 5.69 Å². The van der Waals surface area contributed by atoms with Crippen molar-refractivity contribution in [2.45, 2.75) is 13.8 Å².